The van der Waals surface area contributed by atoms with Crippen molar-refractivity contribution in [2.24, 2.45) is 5.73 Å². The zero-order valence-corrected chi connectivity index (χ0v) is 15.7. The van der Waals surface area contributed by atoms with Crippen molar-refractivity contribution in [3.8, 4) is 10.4 Å². The minimum atomic E-state index is -0.416. The number of benzene rings is 1. The zero-order chi connectivity index (χ0) is 18.8. The number of nitrogens with zero attached hydrogens (tertiary/aromatic N) is 2. The molecule has 2 amide bonds. The van der Waals surface area contributed by atoms with E-state index in [4.69, 9.17) is 5.73 Å². The topological polar surface area (TPSA) is 68.3 Å². The molecule has 138 valence electrons. The van der Waals surface area contributed by atoms with Crippen LogP contribution in [0.2, 0.25) is 0 Å². The highest BCUT2D eigenvalue weighted by atomic mass is 32.1. The van der Waals surface area contributed by atoms with Crippen LogP contribution in [0.15, 0.2) is 60.9 Å². The normalized spacial score (nSPS) is 16.6. The highest BCUT2D eigenvalue weighted by Gasteiger charge is 2.29. The summed E-state index contributed by atoms with van der Waals surface area (Å²) >= 11 is 1.36. The van der Waals surface area contributed by atoms with E-state index in [1.165, 1.54) is 11.3 Å². The molecule has 2 N–H and O–H groups in total. The summed E-state index contributed by atoms with van der Waals surface area (Å²) in [6.07, 6.45) is 6.15. The van der Waals surface area contributed by atoms with E-state index in [1.54, 1.807) is 6.07 Å². The molecule has 0 spiro atoms. The van der Waals surface area contributed by atoms with Crippen molar-refractivity contribution in [2.75, 3.05) is 6.54 Å². The number of rotatable bonds is 5. The molecule has 1 atom stereocenters. The Morgan fingerprint density at radius 2 is 1.81 bits per heavy atom. The summed E-state index contributed by atoms with van der Waals surface area (Å²) in [5.74, 6) is -0.332. The maximum atomic E-state index is 13.0. The van der Waals surface area contributed by atoms with Crippen LogP contribution in [-0.4, -0.2) is 33.9 Å². The minimum Gasteiger partial charge on any atom is -0.365 e. The molecule has 4 rings (SSSR count). The van der Waals surface area contributed by atoms with E-state index in [-0.39, 0.29) is 11.9 Å². The molecule has 6 heteroatoms. The summed E-state index contributed by atoms with van der Waals surface area (Å²) in [7, 11) is 0. The monoisotopic (exact) mass is 379 g/mol. The predicted molar refractivity (Wildman–Crippen MR) is 107 cm³/mol. The first kappa shape index (κ1) is 17.5. The summed E-state index contributed by atoms with van der Waals surface area (Å²) in [5.41, 5.74) is 7.00. The second-order valence-corrected chi connectivity index (χ2v) is 7.86. The molecule has 1 aromatic carbocycles. The Morgan fingerprint density at radius 3 is 2.48 bits per heavy atom. The summed E-state index contributed by atoms with van der Waals surface area (Å²) in [5, 5.41) is 0. The molecule has 27 heavy (non-hydrogen) atoms. The van der Waals surface area contributed by atoms with Gasteiger partial charge < -0.3 is 15.2 Å². The maximum absolute atomic E-state index is 13.0. The summed E-state index contributed by atoms with van der Waals surface area (Å²) < 4.78 is 2.13. The van der Waals surface area contributed by atoms with E-state index in [1.807, 2.05) is 59.8 Å². The van der Waals surface area contributed by atoms with Crippen molar-refractivity contribution in [3.05, 3.63) is 71.4 Å². The van der Waals surface area contributed by atoms with Crippen LogP contribution in [-0.2, 0) is 6.54 Å². The quantitative estimate of drug-likeness (QED) is 0.736. The third-order valence-corrected chi connectivity index (χ3v) is 6.14. The fraction of sp³-hybridized carbons (Fsp3) is 0.238. The van der Waals surface area contributed by atoms with Gasteiger partial charge in [-0.15, -0.1) is 11.3 Å². The smallest absolute Gasteiger partial charge is 0.258 e. The van der Waals surface area contributed by atoms with Crippen LogP contribution in [0.25, 0.3) is 10.4 Å². The average Bonchev–Trinajstić information content (AvgIpc) is 3.43. The van der Waals surface area contributed by atoms with Gasteiger partial charge in [0.2, 0.25) is 0 Å². The number of hydrogen-bond acceptors (Lipinski definition) is 3. The number of thiophene rings is 1. The van der Waals surface area contributed by atoms with Crippen LogP contribution in [0.1, 0.15) is 32.9 Å². The number of primary amides is 1. The van der Waals surface area contributed by atoms with E-state index in [0.717, 1.165) is 36.4 Å². The van der Waals surface area contributed by atoms with Gasteiger partial charge in [-0.25, -0.2) is 0 Å². The lowest BCUT2D eigenvalue weighted by Gasteiger charge is -2.25. The molecular formula is C21H21N3O2S. The number of amides is 2. The number of likely N-dealkylation sites (tertiary alicyclic amines) is 1. The lowest BCUT2D eigenvalue weighted by molar-refractivity contribution is 0.0724. The van der Waals surface area contributed by atoms with Gasteiger partial charge in [0.05, 0.1) is 4.88 Å². The number of carbonyl (C=O) groups is 2. The molecule has 0 radical (unpaired) electrons. The largest absolute Gasteiger partial charge is 0.365 e. The molecule has 1 fully saturated rings. The van der Waals surface area contributed by atoms with Crippen LogP contribution in [0.5, 0.6) is 0 Å². The van der Waals surface area contributed by atoms with Gasteiger partial charge in [-0.2, -0.15) is 0 Å². The van der Waals surface area contributed by atoms with Crippen molar-refractivity contribution in [2.45, 2.75) is 25.4 Å². The fourth-order valence-corrected chi connectivity index (χ4v) is 4.46. The molecule has 1 saturated heterocycles. The summed E-state index contributed by atoms with van der Waals surface area (Å²) in [6, 6.07) is 15.5. The van der Waals surface area contributed by atoms with E-state index in [0.29, 0.717) is 10.4 Å². The first-order chi connectivity index (χ1) is 13.1. The molecular weight excluding hydrogens is 358 g/mol. The van der Waals surface area contributed by atoms with Crippen LogP contribution >= 0.6 is 11.3 Å². The summed E-state index contributed by atoms with van der Waals surface area (Å²) in [4.78, 5) is 27.7. The number of hydrogen-bond donors (Lipinski definition) is 1. The third-order valence-electron chi connectivity index (χ3n) is 4.99. The minimum absolute atomic E-state index is 0.0835. The SMILES string of the molecule is NC(=O)c1ccc(-c2ccc(C(=O)N3CCC[C@H]3Cn3cccc3)cc2)s1. The van der Waals surface area contributed by atoms with Crippen molar-refractivity contribution in [1.82, 2.24) is 9.47 Å². The molecule has 2 aromatic heterocycles. The Labute approximate surface area is 162 Å². The maximum Gasteiger partial charge on any atom is 0.258 e. The van der Waals surface area contributed by atoms with E-state index >= 15 is 0 Å². The zero-order valence-electron chi connectivity index (χ0n) is 14.9. The van der Waals surface area contributed by atoms with Gasteiger partial charge in [0.25, 0.3) is 11.8 Å². The van der Waals surface area contributed by atoms with Crippen molar-refractivity contribution < 1.29 is 9.59 Å². The molecule has 1 aliphatic rings. The molecule has 0 saturated carbocycles. The summed E-state index contributed by atoms with van der Waals surface area (Å²) in [6.45, 7) is 1.64. The Hall–Kier alpha value is -2.86. The Balaban J connectivity index is 1.49. The van der Waals surface area contributed by atoms with Gasteiger partial charge in [-0.05, 0) is 54.8 Å². The first-order valence-corrected chi connectivity index (χ1v) is 9.85. The van der Waals surface area contributed by atoms with Gasteiger partial charge >= 0.3 is 0 Å². The van der Waals surface area contributed by atoms with Gasteiger partial charge in [0.15, 0.2) is 0 Å². The lowest BCUT2D eigenvalue weighted by atomic mass is 10.1. The van der Waals surface area contributed by atoms with Gasteiger partial charge in [0.1, 0.15) is 0 Å². The number of carbonyl (C=O) groups excluding carboxylic acids is 2. The number of nitrogens with two attached hydrogens (primary N) is 1. The van der Waals surface area contributed by atoms with Crippen molar-refractivity contribution >= 4 is 23.2 Å². The lowest BCUT2D eigenvalue weighted by Crippen LogP contribution is -2.37. The van der Waals surface area contributed by atoms with Crippen molar-refractivity contribution in [1.29, 1.82) is 0 Å². The molecule has 3 heterocycles. The fourth-order valence-electron chi connectivity index (χ4n) is 3.60. The molecule has 3 aromatic rings. The van der Waals surface area contributed by atoms with Crippen LogP contribution in [0.3, 0.4) is 0 Å². The highest BCUT2D eigenvalue weighted by molar-refractivity contribution is 7.17. The molecule has 0 unspecified atom stereocenters. The Morgan fingerprint density at radius 1 is 1.07 bits per heavy atom. The third kappa shape index (κ3) is 3.66. The Bertz CT molecular complexity index is 944. The van der Waals surface area contributed by atoms with Gasteiger partial charge in [0, 0.05) is 42.0 Å². The predicted octanol–water partition coefficient (Wildman–Crippen LogP) is 3.62. The van der Waals surface area contributed by atoms with Crippen LogP contribution in [0, 0.1) is 0 Å². The van der Waals surface area contributed by atoms with Crippen LogP contribution in [0.4, 0.5) is 0 Å². The number of aromatic nitrogens is 1. The average molecular weight is 379 g/mol. The van der Waals surface area contributed by atoms with E-state index in [2.05, 4.69) is 4.57 Å². The van der Waals surface area contributed by atoms with Crippen LogP contribution < -0.4 is 5.73 Å². The van der Waals surface area contributed by atoms with Crippen molar-refractivity contribution in [3.63, 3.8) is 0 Å². The second kappa shape index (κ2) is 7.40. The Kier molecular flexibility index (Phi) is 4.81. The molecule has 5 nitrogen and oxygen atoms in total. The molecule has 1 aliphatic heterocycles. The van der Waals surface area contributed by atoms with E-state index in [9.17, 15) is 9.59 Å². The van der Waals surface area contributed by atoms with E-state index < -0.39 is 5.91 Å². The first-order valence-electron chi connectivity index (χ1n) is 9.03. The standard InChI is InChI=1S/C21H21N3O2S/c22-20(25)19-10-9-18(27-19)15-5-7-16(8-6-15)21(26)24-13-3-4-17(24)14-23-11-1-2-12-23/h1-2,5-12,17H,3-4,13-14H2,(H2,22,25)/t17-/m0/s1. The molecule has 0 aliphatic carbocycles. The second-order valence-electron chi connectivity index (χ2n) is 6.78. The molecule has 0 bridgehead atoms. The van der Waals surface area contributed by atoms with Gasteiger partial charge in [-0.1, -0.05) is 12.1 Å². The van der Waals surface area contributed by atoms with Gasteiger partial charge in [-0.3, -0.25) is 9.59 Å². The highest BCUT2D eigenvalue weighted by Crippen LogP contribution is 2.29.